The van der Waals surface area contributed by atoms with Crippen LogP contribution in [0.15, 0.2) is 29.3 Å². The maximum atomic E-state index is 12.5. The molecule has 0 bridgehead atoms. The molecule has 7 nitrogen and oxygen atoms in total. The van der Waals surface area contributed by atoms with Crippen LogP contribution < -0.4 is 4.90 Å². The van der Waals surface area contributed by atoms with Crippen LogP contribution in [0.3, 0.4) is 0 Å². The monoisotopic (exact) mass is 408 g/mol. The van der Waals surface area contributed by atoms with Crippen molar-refractivity contribution in [3.8, 4) is 0 Å². The van der Waals surface area contributed by atoms with E-state index in [0.717, 1.165) is 12.1 Å². The van der Waals surface area contributed by atoms with Crippen LogP contribution in [0.25, 0.3) is 0 Å². The van der Waals surface area contributed by atoms with Gasteiger partial charge in [-0.1, -0.05) is 11.8 Å². The Morgan fingerprint density at radius 1 is 1.22 bits per heavy atom. The number of anilines is 1. The molecule has 1 amide bonds. The standard InChI is InChI=1S/C18H20N2O5S2/c1-11(21)12-4-6-13(7-5-12)20-14-9-27(23,24)10-16(14)26-18(20)19-17(22)15-3-2-8-25-15/h4-7,14-16H,2-3,8-10H2,1H3/t14-,15-,16-/m0/s1. The van der Waals surface area contributed by atoms with Crippen molar-refractivity contribution in [3.63, 3.8) is 0 Å². The van der Waals surface area contributed by atoms with Crippen LogP contribution in [0, 0.1) is 0 Å². The Balaban J connectivity index is 1.67. The van der Waals surface area contributed by atoms with Crippen LogP contribution >= 0.6 is 11.8 Å². The number of fused-ring (bicyclic) bond motifs is 1. The first-order chi connectivity index (χ1) is 12.8. The van der Waals surface area contributed by atoms with Gasteiger partial charge in [-0.25, -0.2) is 8.42 Å². The number of ketones is 1. The summed E-state index contributed by atoms with van der Waals surface area (Å²) in [5, 5.41) is 0.356. The Morgan fingerprint density at radius 2 is 1.96 bits per heavy atom. The molecule has 3 atom stereocenters. The van der Waals surface area contributed by atoms with E-state index in [0.29, 0.717) is 23.8 Å². The van der Waals surface area contributed by atoms with E-state index >= 15 is 0 Å². The second-order valence-corrected chi connectivity index (χ2v) is 10.4. The smallest absolute Gasteiger partial charge is 0.277 e. The zero-order chi connectivity index (χ0) is 19.2. The number of hydrogen-bond acceptors (Lipinski definition) is 6. The average molecular weight is 409 g/mol. The van der Waals surface area contributed by atoms with Gasteiger partial charge >= 0.3 is 0 Å². The van der Waals surface area contributed by atoms with Crippen molar-refractivity contribution in [3.05, 3.63) is 29.8 Å². The summed E-state index contributed by atoms with van der Waals surface area (Å²) in [6.45, 7) is 2.06. The van der Waals surface area contributed by atoms with E-state index in [1.54, 1.807) is 24.3 Å². The van der Waals surface area contributed by atoms with Gasteiger partial charge in [-0.15, -0.1) is 0 Å². The molecule has 3 saturated heterocycles. The zero-order valence-corrected chi connectivity index (χ0v) is 16.5. The number of ether oxygens (including phenoxy) is 1. The molecule has 1 aromatic rings. The van der Waals surface area contributed by atoms with Crippen LogP contribution in [-0.2, 0) is 19.4 Å². The maximum absolute atomic E-state index is 12.5. The van der Waals surface area contributed by atoms with Crippen molar-refractivity contribution >= 4 is 44.1 Å². The van der Waals surface area contributed by atoms with Gasteiger partial charge in [0.25, 0.3) is 5.91 Å². The summed E-state index contributed by atoms with van der Waals surface area (Å²) in [6, 6.07) is 6.70. The van der Waals surface area contributed by atoms with E-state index < -0.39 is 15.9 Å². The first-order valence-electron chi connectivity index (χ1n) is 8.85. The number of thioether (sulfide) groups is 1. The number of amides is 1. The predicted molar refractivity (Wildman–Crippen MR) is 104 cm³/mol. The zero-order valence-electron chi connectivity index (χ0n) is 14.8. The molecule has 4 rings (SSSR count). The molecule has 0 unspecified atom stereocenters. The number of nitrogens with zero attached hydrogens (tertiary/aromatic N) is 2. The third-order valence-corrected chi connectivity index (χ3v) is 8.24. The molecule has 0 radical (unpaired) electrons. The van der Waals surface area contributed by atoms with Gasteiger partial charge in [0.15, 0.2) is 20.8 Å². The predicted octanol–water partition coefficient (Wildman–Crippen LogP) is 1.67. The van der Waals surface area contributed by atoms with Gasteiger partial charge in [-0.05, 0) is 44.0 Å². The minimum absolute atomic E-state index is 0.0340. The largest absolute Gasteiger partial charge is 0.368 e. The maximum Gasteiger partial charge on any atom is 0.277 e. The molecule has 0 N–H and O–H groups in total. The minimum Gasteiger partial charge on any atom is -0.368 e. The van der Waals surface area contributed by atoms with Gasteiger partial charge in [0, 0.05) is 23.1 Å². The van der Waals surface area contributed by atoms with Crippen molar-refractivity contribution < 1.29 is 22.7 Å². The highest BCUT2D eigenvalue weighted by molar-refractivity contribution is 8.16. The fourth-order valence-corrected chi connectivity index (χ4v) is 7.58. The highest BCUT2D eigenvalue weighted by Crippen LogP contribution is 2.41. The topological polar surface area (TPSA) is 93.1 Å². The third-order valence-electron chi connectivity index (χ3n) is 5.03. The Labute approximate surface area is 162 Å². The lowest BCUT2D eigenvalue weighted by molar-refractivity contribution is -0.126. The van der Waals surface area contributed by atoms with Gasteiger partial charge in [-0.2, -0.15) is 4.99 Å². The third kappa shape index (κ3) is 3.68. The lowest BCUT2D eigenvalue weighted by Crippen LogP contribution is -2.38. The fraction of sp³-hybridized carbons (Fsp3) is 0.500. The summed E-state index contributed by atoms with van der Waals surface area (Å²) >= 11 is 1.34. The van der Waals surface area contributed by atoms with Gasteiger partial charge in [0.05, 0.1) is 17.5 Å². The van der Waals surface area contributed by atoms with Crippen molar-refractivity contribution in [1.29, 1.82) is 0 Å². The van der Waals surface area contributed by atoms with Crippen molar-refractivity contribution in [2.75, 3.05) is 23.0 Å². The Hall–Kier alpha value is -1.71. The molecular weight excluding hydrogens is 388 g/mol. The number of rotatable bonds is 3. The van der Waals surface area contributed by atoms with Crippen LogP contribution in [0.4, 0.5) is 5.69 Å². The number of amidine groups is 1. The minimum atomic E-state index is -3.12. The molecule has 0 spiro atoms. The van der Waals surface area contributed by atoms with E-state index in [2.05, 4.69) is 4.99 Å². The number of sulfone groups is 1. The number of Topliss-reactive ketones (excluding diaryl/α,β-unsaturated/α-hetero) is 1. The van der Waals surface area contributed by atoms with Crippen molar-refractivity contribution in [2.45, 2.75) is 37.2 Å². The lowest BCUT2D eigenvalue weighted by Gasteiger charge is -2.24. The second kappa shape index (κ2) is 7.03. The Bertz CT molecular complexity index is 904. The molecule has 1 aromatic carbocycles. The number of carbonyl (C=O) groups excluding carboxylic acids is 2. The van der Waals surface area contributed by atoms with Crippen LogP contribution in [0.2, 0.25) is 0 Å². The first kappa shape index (κ1) is 18.6. The molecule has 3 fully saturated rings. The SMILES string of the molecule is CC(=O)c1ccc(N2C(=NC(=O)[C@@H]3CCCO3)S[C@H]3CS(=O)(=O)C[C@@H]32)cc1. The fourth-order valence-electron chi connectivity index (χ4n) is 3.66. The highest BCUT2D eigenvalue weighted by atomic mass is 32.2. The number of benzene rings is 1. The van der Waals surface area contributed by atoms with E-state index in [-0.39, 0.29) is 34.5 Å². The van der Waals surface area contributed by atoms with E-state index in [1.807, 2.05) is 4.90 Å². The van der Waals surface area contributed by atoms with Gasteiger partial charge in [0.1, 0.15) is 6.10 Å². The molecule has 3 heterocycles. The first-order valence-corrected chi connectivity index (χ1v) is 11.6. The molecule has 3 aliphatic rings. The molecule has 3 aliphatic heterocycles. The lowest BCUT2D eigenvalue weighted by atomic mass is 10.1. The number of aliphatic imine (C=N–C) groups is 1. The molecule has 0 aliphatic carbocycles. The van der Waals surface area contributed by atoms with Crippen LogP contribution in [-0.4, -0.2) is 60.8 Å². The summed E-state index contributed by atoms with van der Waals surface area (Å²) in [7, 11) is -3.12. The summed E-state index contributed by atoms with van der Waals surface area (Å²) in [5.74, 6) is -0.242. The van der Waals surface area contributed by atoms with E-state index in [1.165, 1.54) is 18.7 Å². The van der Waals surface area contributed by atoms with E-state index in [4.69, 9.17) is 4.74 Å². The molecule has 0 aromatic heterocycles. The normalized spacial score (nSPS) is 30.6. The quantitative estimate of drug-likeness (QED) is 0.702. The summed E-state index contributed by atoms with van der Waals surface area (Å²) in [6.07, 6.45) is 0.993. The summed E-state index contributed by atoms with van der Waals surface area (Å²) < 4.78 is 29.6. The van der Waals surface area contributed by atoms with E-state index in [9.17, 15) is 18.0 Å². The Kier molecular flexibility index (Phi) is 4.85. The van der Waals surface area contributed by atoms with Gasteiger partial charge < -0.3 is 9.64 Å². The van der Waals surface area contributed by atoms with Crippen LogP contribution in [0.1, 0.15) is 30.1 Å². The number of hydrogen-bond donors (Lipinski definition) is 0. The van der Waals surface area contributed by atoms with Crippen LogP contribution in [0.5, 0.6) is 0 Å². The highest BCUT2D eigenvalue weighted by Gasteiger charge is 2.49. The molecule has 0 saturated carbocycles. The van der Waals surface area contributed by atoms with Gasteiger partial charge in [0.2, 0.25) is 0 Å². The van der Waals surface area contributed by atoms with Crippen molar-refractivity contribution in [1.82, 2.24) is 0 Å². The molecule has 144 valence electrons. The van der Waals surface area contributed by atoms with Gasteiger partial charge in [-0.3, -0.25) is 9.59 Å². The second-order valence-electron chi connectivity index (χ2n) is 7.01. The number of carbonyl (C=O) groups is 2. The molecular formula is C18H20N2O5S2. The molecule has 27 heavy (non-hydrogen) atoms. The average Bonchev–Trinajstić information content (AvgIpc) is 3.29. The van der Waals surface area contributed by atoms with Crippen molar-refractivity contribution in [2.24, 2.45) is 4.99 Å². The molecule has 9 heteroatoms. The summed E-state index contributed by atoms with van der Waals surface area (Å²) in [5.41, 5.74) is 1.31. The summed E-state index contributed by atoms with van der Waals surface area (Å²) in [4.78, 5) is 30.1. The Morgan fingerprint density at radius 3 is 2.59 bits per heavy atom.